The van der Waals surface area contributed by atoms with E-state index < -0.39 is 5.63 Å². The molecule has 0 atom stereocenters. The van der Waals surface area contributed by atoms with E-state index >= 15 is 0 Å². The highest BCUT2D eigenvalue weighted by Gasteiger charge is 2.25. The van der Waals surface area contributed by atoms with E-state index in [-0.39, 0.29) is 12.7 Å². The maximum Gasteiger partial charge on any atom is 0.340 e. The minimum Gasteiger partial charge on any atom is -0.473 e. The van der Waals surface area contributed by atoms with Crippen LogP contribution < -0.4 is 15.3 Å². The molecule has 0 N–H and O–H groups in total. The van der Waals surface area contributed by atoms with Crippen LogP contribution in [-0.4, -0.2) is 19.3 Å². The highest BCUT2D eigenvalue weighted by Crippen LogP contribution is 2.35. The SMILES string of the molecule is CCOC(=O)c1ccccc1N1COc2ccc3c(C)cc(=O)oc3c2C1. The maximum atomic E-state index is 12.3. The summed E-state index contributed by atoms with van der Waals surface area (Å²) >= 11 is 0. The lowest BCUT2D eigenvalue weighted by molar-refractivity contribution is 0.0527. The molecule has 0 saturated carbocycles. The Balaban J connectivity index is 1.79. The van der Waals surface area contributed by atoms with E-state index in [0.717, 1.165) is 16.5 Å². The molecule has 0 aliphatic carbocycles. The Morgan fingerprint density at radius 1 is 1.22 bits per heavy atom. The van der Waals surface area contributed by atoms with E-state index in [0.29, 0.717) is 35.7 Å². The fraction of sp³-hybridized carbons (Fsp3) is 0.238. The van der Waals surface area contributed by atoms with Crippen LogP contribution in [0.15, 0.2) is 51.7 Å². The van der Waals surface area contributed by atoms with Crippen molar-refractivity contribution in [1.82, 2.24) is 0 Å². The summed E-state index contributed by atoms with van der Waals surface area (Å²) in [4.78, 5) is 26.1. The van der Waals surface area contributed by atoms with Crippen molar-refractivity contribution in [2.24, 2.45) is 0 Å². The van der Waals surface area contributed by atoms with Crippen LogP contribution in [-0.2, 0) is 11.3 Å². The Morgan fingerprint density at radius 2 is 2.04 bits per heavy atom. The second kappa shape index (κ2) is 6.79. The van der Waals surface area contributed by atoms with E-state index in [9.17, 15) is 9.59 Å². The number of carbonyl (C=O) groups excluding carboxylic acids is 1. The van der Waals surface area contributed by atoms with Crippen molar-refractivity contribution in [2.45, 2.75) is 20.4 Å². The van der Waals surface area contributed by atoms with E-state index in [2.05, 4.69) is 0 Å². The molecule has 27 heavy (non-hydrogen) atoms. The number of ether oxygens (including phenoxy) is 2. The monoisotopic (exact) mass is 365 g/mol. The Kier molecular flexibility index (Phi) is 4.32. The molecular formula is C21H19NO5. The molecule has 1 aliphatic rings. The van der Waals surface area contributed by atoms with Crippen LogP contribution in [0.1, 0.15) is 28.4 Å². The van der Waals surface area contributed by atoms with Gasteiger partial charge in [-0.05, 0) is 43.7 Å². The van der Waals surface area contributed by atoms with Crippen LogP contribution >= 0.6 is 0 Å². The first kappa shape index (κ1) is 17.1. The van der Waals surface area contributed by atoms with Gasteiger partial charge in [0.05, 0.1) is 30.0 Å². The number of esters is 1. The quantitative estimate of drug-likeness (QED) is 0.521. The molecule has 0 saturated heterocycles. The fourth-order valence-electron chi connectivity index (χ4n) is 3.38. The van der Waals surface area contributed by atoms with Gasteiger partial charge >= 0.3 is 11.6 Å². The summed E-state index contributed by atoms with van der Waals surface area (Å²) in [5.41, 5.74) is 2.97. The van der Waals surface area contributed by atoms with Gasteiger partial charge in [0.1, 0.15) is 11.3 Å². The van der Waals surface area contributed by atoms with Gasteiger partial charge in [-0.1, -0.05) is 12.1 Å². The molecular weight excluding hydrogens is 346 g/mol. The number of hydrogen-bond acceptors (Lipinski definition) is 6. The van der Waals surface area contributed by atoms with Gasteiger partial charge in [0, 0.05) is 11.5 Å². The van der Waals surface area contributed by atoms with Crippen LogP contribution in [0.5, 0.6) is 5.75 Å². The van der Waals surface area contributed by atoms with E-state index in [4.69, 9.17) is 13.9 Å². The van der Waals surface area contributed by atoms with E-state index in [1.165, 1.54) is 6.07 Å². The van der Waals surface area contributed by atoms with Gasteiger partial charge in [0.15, 0.2) is 6.73 Å². The molecule has 3 aromatic rings. The zero-order chi connectivity index (χ0) is 19.0. The molecule has 0 fully saturated rings. The summed E-state index contributed by atoms with van der Waals surface area (Å²) in [5, 5.41) is 0.873. The predicted molar refractivity (Wildman–Crippen MR) is 101 cm³/mol. The summed E-state index contributed by atoms with van der Waals surface area (Å²) < 4.78 is 16.5. The van der Waals surface area contributed by atoms with Crippen molar-refractivity contribution >= 4 is 22.6 Å². The molecule has 1 aliphatic heterocycles. The normalized spacial score (nSPS) is 13.2. The number of rotatable bonds is 3. The van der Waals surface area contributed by atoms with Crippen molar-refractivity contribution in [3.8, 4) is 5.75 Å². The van der Waals surface area contributed by atoms with Crippen molar-refractivity contribution in [2.75, 3.05) is 18.2 Å². The zero-order valence-electron chi connectivity index (χ0n) is 15.2. The second-order valence-corrected chi connectivity index (χ2v) is 6.38. The molecule has 4 rings (SSSR count). The second-order valence-electron chi connectivity index (χ2n) is 6.38. The Labute approximate surface area is 155 Å². The third-order valence-corrected chi connectivity index (χ3v) is 4.64. The molecule has 0 bridgehead atoms. The summed E-state index contributed by atoms with van der Waals surface area (Å²) in [6.07, 6.45) is 0. The molecule has 6 nitrogen and oxygen atoms in total. The number of fused-ring (bicyclic) bond motifs is 3. The molecule has 0 spiro atoms. The lowest BCUT2D eigenvalue weighted by Gasteiger charge is -2.32. The first-order valence-corrected chi connectivity index (χ1v) is 8.78. The van der Waals surface area contributed by atoms with Crippen molar-refractivity contribution in [3.05, 3.63) is 69.6 Å². The Bertz CT molecular complexity index is 1090. The topological polar surface area (TPSA) is 69.0 Å². The van der Waals surface area contributed by atoms with Gasteiger partial charge in [0.2, 0.25) is 0 Å². The number of anilines is 1. The van der Waals surface area contributed by atoms with Crippen LogP contribution in [0.25, 0.3) is 11.0 Å². The highest BCUT2D eigenvalue weighted by atomic mass is 16.5. The summed E-state index contributed by atoms with van der Waals surface area (Å²) in [6.45, 7) is 4.70. The summed E-state index contributed by atoms with van der Waals surface area (Å²) in [6, 6.07) is 12.5. The van der Waals surface area contributed by atoms with E-state index in [1.807, 2.05) is 36.1 Å². The van der Waals surface area contributed by atoms with Gasteiger partial charge in [-0.15, -0.1) is 0 Å². The standard InChI is InChI=1S/C21H19NO5/c1-3-25-21(24)15-6-4-5-7-17(15)22-11-16-18(26-12-22)9-8-14-13(2)10-19(23)27-20(14)16/h4-10H,3,11-12H2,1-2H3. The number of nitrogens with zero attached hydrogens (tertiary/aromatic N) is 1. The molecule has 2 aromatic carbocycles. The Morgan fingerprint density at radius 3 is 2.85 bits per heavy atom. The fourth-order valence-corrected chi connectivity index (χ4v) is 3.38. The number of benzene rings is 2. The van der Waals surface area contributed by atoms with Gasteiger partial charge in [-0.25, -0.2) is 9.59 Å². The number of para-hydroxylation sites is 1. The number of aryl methyl sites for hydroxylation is 1. The minimum atomic E-state index is -0.391. The first-order chi connectivity index (χ1) is 13.1. The summed E-state index contributed by atoms with van der Waals surface area (Å²) in [5.74, 6) is 0.306. The maximum absolute atomic E-state index is 12.3. The Hall–Kier alpha value is -3.28. The van der Waals surface area contributed by atoms with Gasteiger partial charge < -0.3 is 18.8 Å². The van der Waals surface area contributed by atoms with Gasteiger partial charge in [0.25, 0.3) is 0 Å². The van der Waals surface area contributed by atoms with Crippen molar-refractivity contribution in [1.29, 1.82) is 0 Å². The van der Waals surface area contributed by atoms with E-state index in [1.54, 1.807) is 19.1 Å². The molecule has 2 heterocycles. The lowest BCUT2D eigenvalue weighted by Crippen LogP contribution is -2.33. The molecule has 138 valence electrons. The van der Waals surface area contributed by atoms with Crippen LogP contribution in [0.2, 0.25) is 0 Å². The molecule has 0 unspecified atom stereocenters. The smallest absolute Gasteiger partial charge is 0.340 e. The average Bonchev–Trinajstić information content (AvgIpc) is 2.67. The largest absolute Gasteiger partial charge is 0.473 e. The first-order valence-electron chi connectivity index (χ1n) is 8.78. The van der Waals surface area contributed by atoms with Gasteiger partial charge in [-0.3, -0.25) is 0 Å². The third kappa shape index (κ3) is 3.03. The van der Waals surface area contributed by atoms with Crippen molar-refractivity contribution in [3.63, 3.8) is 0 Å². The number of hydrogen-bond donors (Lipinski definition) is 0. The van der Waals surface area contributed by atoms with Crippen LogP contribution in [0.4, 0.5) is 5.69 Å². The molecule has 0 radical (unpaired) electrons. The third-order valence-electron chi connectivity index (χ3n) is 4.64. The highest BCUT2D eigenvalue weighted by molar-refractivity contribution is 5.96. The van der Waals surface area contributed by atoms with Gasteiger partial charge in [-0.2, -0.15) is 0 Å². The number of carbonyl (C=O) groups is 1. The molecule has 1 aromatic heterocycles. The van der Waals surface area contributed by atoms with Crippen molar-refractivity contribution < 1.29 is 18.7 Å². The lowest BCUT2D eigenvalue weighted by atomic mass is 10.0. The molecule has 0 amide bonds. The van der Waals surface area contributed by atoms with Crippen LogP contribution in [0.3, 0.4) is 0 Å². The zero-order valence-corrected chi connectivity index (χ0v) is 15.2. The summed E-state index contributed by atoms with van der Waals surface area (Å²) in [7, 11) is 0. The van der Waals surface area contributed by atoms with Crippen LogP contribution in [0, 0.1) is 6.92 Å². The predicted octanol–water partition coefficient (Wildman–Crippen LogP) is 3.63. The minimum absolute atomic E-state index is 0.283. The molecule has 6 heteroatoms. The average molecular weight is 365 g/mol.